The van der Waals surface area contributed by atoms with E-state index in [1.807, 2.05) is 0 Å². The van der Waals surface area contributed by atoms with E-state index in [-0.39, 0.29) is 25.7 Å². The van der Waals surface area contributed by atoms with E-state index in [2.05, 4.69) is 41.5 Å². The summed E-state index contributed by atoms with van der Waals surface area (Å²) in [6.45, 7) is 9.55. The second kappa shape index (κ2) is 69.8. The number of hydrogen-bond acceptors (Lipinski definition) is 15. The molecule has 0 radical (unpaired) electrons. The molecule has 0 aromatic rings. The lowest BCUT2D eigenvalue weighted by Gasteiger charge is -2.21. The molecule has 3 N–H and O–H groups in total. The van der Waals surface area contributed by atoms with Gasteiger partial charge in [0.25, 0.3) is 0 Å². The van der Waals surface area contributed by atoms with Gasteiger partial charge in [0.05, 0.1) is 26.4 Å². The first-order chi connectivity index (χ1) is 46.9. The molecule has 3 unspecified atom stereocenters. The lowest BCUT2D eigenvalue weighted by molar-refractivity contribution is -0.161. The van der Waals surface area contributed by atoms with Crippen molar-refractivity contribution >= 4 is 39.5 Å². The van der Waals surface area contributed by atoms with Crippen LogP contribution in [0.15, 0.2) is 0 Å². The van der Waals surface area contributed by atoms with E-state index in [1.54, 1.807) is 0 Å². The zero-order valence-electron chi connectivity index (χ0n) is 63.4. The third kappa shape index (κ3) is 70.9. The summed E-state index contributed by atoms with van der Waals surface area (Å²) in [6.07, 6.45) is 58.5. The molecule has 0 rings (SSSR count). The number of rotatable bonds is 77. The topological polar surface area (TPSA) is 237 Å². The number of aliphatic hydroxyl groups is 1. The number of hydrogen-bond donors (Lipinski definition) is 3. The van der Waals surface area contributed by atoms with Crippen molar-refractivity contribution in [1.82, 2.24) is 0 Å². The Morgan fingerprint density at radius 2 is 0.526 bits per heavy atom. The first-order valence-electron chi connectivity index (χ1n) is 40.5. The van der Waals surface area contributed by atoms with E-state index in [0.29, 0.717) is 31.6 Å². The fourth-order valence-electron chi connectivity index (χ4n) is 12.0. The van der Waals surface area contributed by atoms with Crippen LogP contribution in [-0.4, -0.2) is 96.7 Å². The smallest absolute Gasteiger partial charge is 0.462 e. The van der Waals surface area contributed by atoms with Gasteiger partial charge in [-0.25, -0.2) is 9.13 Å². The van der Waals surface area contributed by atoms with Crippen LogP contribution in [0.3, 0.4) is 0 Å². The van der Waals surface area contributed by atoms with Crippen LogP contribution in [0.1, 0.15) is 408 Å². The summed E-state index contributed by atoms with van der Waals surface area (Å²) in [7, 11) is -9.91. The van der Waals surface area contributed by atoms with Gasteiger partial charge in [0.2, 0.25) is 0 Å². The number of esters is 4. The van der Waals surface area contributed by atoms with Crippen LogP contribution in [-0.2, 0) is 65.4 Å². The van der Waals surface area contributed by atoms with Crippen LogP contribution >= 0.6 is 15.6 Å². The predicted molar refractivity (Wildman–Crippen MR) is 395 cm³/mol. The van der Waals surface area contributed by atoms with Crippen molar-refractivity contribution in [2.45, 2.75) is 426 Å². The van der Waals surface area contributed by atoms with Crippen LogP contribution < -0.4 is 0 Å². The van der Waals surface area contributed by atoms with Crippen molar-refractivity contribution in [1.29, 1.82) is 0 Å². The highest BCUT2D eigenvalue weighted by Gasteiger charge is 2.30. The highest BCUT2D eigenvalue weighted by molar-refractivity contribution is 7.47. The summed E-state index contributed by atoms with van der Waals surface area (Å²) in [6, 6.07) is 0. The first-order valence-corrected chi connectivity index (χ1v) is 43.5. The summed E-state index contributed by atoms with van der Waals surface area (Å²) in [4.78, 5) is 72.8. The molecule has 0 saturated heterocycles. The van der Waals surface area contributed by atoms with E-state index in [4.69, 9.17) is 37.0 Å². The summed E-state index contributed by atoms with van der Waals surface area (Å²) in [5, 5.41) is 10.6. The fourth-order valence-corrected chi connectivity index (χ4v) is 13.6. The molecule has 576 valence electrons. The number of phosphoric acid groups is 2. The van der Waals surface area contributed by atoms with Crippen molar-refractivity contribution in [2.24, 2.45) is 11.8 Å². The first kappa shape index (κ1) is 95.1. The Balaban J connectivity index is 5.18. The maximum absolute atomic E-state index is 13.1. The number of phosphoric ester groups is 2. The third-order valence-electron chi connectivity index (χ3n) is 18.6. The lowest BCUT2D eigenvalue weighted by Crippen LogP contribution is -2.30. The molecule has 0 aliphatic carbocycles. The third-order valence-corrected chi connectivity index (χ3v) is 20.5. The number of unbranched alkanes of at least 4 members (excludes halogenated alkanes) is 46. The molecule has 0 aliphatic rings. The molecule has 0 heterocycles. The van der Waals surface area contributed by atoms with Gasteiger partial charge in [-0.05, 0) is 37.5 Å². The van der Waals surface area contributed by atoms with Gasteiger partial charge in [-0.1, -0.05) is 356 Å². The highest BCUT2D eigenvalue weighted by Crippen LogP contribution is 2.45. The van der Waals surface area contributed by atoms with Crippen LogP contribution in [0.4, 0.5) is 0 Å². The zero-order chi connectivity index (χ0) is 71.4. The maximum atomic E-state index is 13.1. The van der Waals surface area contributed by atoms with Gasteiger partial charge in [0.1, 0.15) is 19.3 Å². The molecule has 0 saturated carbocycles. The summed E-state index contributed by atoms with van der Waals surface area (Å²) in [5.41, 5.74) is 0. The molecule has 6 atom stereocenters. The monoisotopic (exact) mass is 1420 g/mol. The lowest BCUT2D eigenvalue weighted by atomic mass is 9.99. The quantitative estimate of drug-likeness (QED) is 0.0222. The Bertz CT molecular complexity index is 1870. The molecule has 0 spiro atoms. The maximum Gasteiger partial charge on any atom is 0.472 e. The van der Waals surface area contributed by atoms with E-state index >= 15 is 0 Å². The van der Waals surface area contributed by atoms with E-state index in [9.17, 15) is 43.2 Å². The predicted octanol–water partition coefficient (Wildman–Crippen LogP) is 23.1. The van der Waals surface area contributed by atoms with Gasteiger partial charge in [-0.15, -0.1) is 0 Å². The molecule has 0 amide bonds. The van der Waals surface area contributed by atoms with Gasteiger partial charge >= 0.3 is 39.5 Å². The fraction of sp³-hybridized carbons (Fsp3) is 0.949. The van der Waals surface area contributed by atoms with E-state index in [0.717, 1.165) is 102 Å². The minimum atomic E-state index is -4.96. The second-order valence-electron chi connectivity index (χ2n) is 28.8. The summed E-state index contributed by atoms with van der Waals surface area (Å²) >= 11 is 0. The molecule has 17 nitrogen and oxygen atoms in total. The summed E-state index contributed by atoms with van der Waals surface area (Å²) in [5.74, 6) is -0.627. The Kier molecular flexibility index (Phi) is 68.4. The Morgan fingerprint density at radius 1 is 0.299 bits per heavy atom. The van der Waals surface area contributed by atoms with Gasteiger partial charge in [-0.3, -0.25) is 37.3 Å². The van der Waals surface area contributed by atoms with Crippen LogP contribution in [0.25, 0.3) is 0 Å². The molecule has 97 heavy (non-hydrogen) atoms. The normalized spacial score (nSPS) is 14.2. The largest absolute Gasteiger partial charge is 0.472 e. The van der Waals surface area contributed by atoms with Crippen molar-refractivity contribution in [2.75, 3.05) is 39.6 Å². The molecule has 0 aromatic carbocycles. The Hall–Kier alpha value is -1.94. The van der Waals surface area contributed by atoms with Crippen LogP contribution in [0.2, 0.25) is 0 Å². The van der Waals surface area contributed by atoms with E-state index in [1.165, 1.54) is 218 Å². The zero-order valence-corrected chi connectivity index (χ0v) is 65.2. The average molecular weight is 1420 g/mol. The second-order valence-corrected chi connectivity index (χ2v) is 31.7. The Morgan fingerprint density at radius 3 is 0.784 bits per heavy atom. The SMILES string of the molecule is CCCCCCCCCCCCCCCCCCCCCCCCC(=O)O[C@H](COC(=O)CCCCCCCCCCCCC(C)CC)COP(=O)(O)OC[C@@H](O)COP(=O)(O)OC[C@@H](COC(=O)CCCCCCCCC(C)C)OC(=O)CCCCCCCCCCCCCC. The minimum absolute atomic E-state index is 0.106. The molecule has 0 fully saturated rings. The number of carbonyl (C=O) groups is 4. The molecule has 0 aliphatic heterocycles. The van der Waals surface area contributed by atoms with Crippen LogP contribution in [0.5, 0.6) is 0 Å². The van der Waals surface area contributed by atoms with Crippen molar-refractivity contribution in [3.63, 3.8) is 0 Å². The van der Waals surface area contributed by atoms with Crippen LogP contribution in [0, 0.1) is 11.8 Å². The average Bonchev–Trinajstić information content (AvgIpc) is 2.26. The molecule has 0 bridgehead atoms. The standard InChI is InChI=1S/C78H152O17P2/c1-7-10-12-14-16-18-20-22-23-24-25-26-27-28-29-30-31-33-39-43-51-57-63-78(83)94-73(66-88-75(80)60-54-48-41-37-35-34-36-40-47-53-59-71(6)9-3)68-92-96(84,85)90-64-72(79)65-91-97(86,87)93-69-74(67-89-76(81)61-55-49-45-44-46-52-58-70(4)5)95-77(82)62-56-50-42-38-32-21-19-17-15-13-11-8-2/h70-74,79H,7-69H2,1-6H3,(H,84,85)(H,86,87)/t71?,72-,73-,74-/m1/s1. The Labute approximate surface area is 594 Å². The number of ether oxygens (including phenoxy) is 4. The van der Waals surface area contributed by atoms with Crippen molar-refractivity contribution < 1.29 is 80.2 Å². The molecule has 0 aromatic heterocycles. The minimum Gasteiger partial charge on any atom is -0.462 e. The highest BCUT2D eigenvalue weighted by atomic mass is 31.2. The molecular weight excluding hydrogens is 1270 g/mol. The van der Waals surface area contributed by atoms with Crippen molar-refractivity contribution in [3.8, 4) is 0 Å². The van der Waals surface area contributed by atoms with Gasteiger partial charge in [0.15, 0.2) is 12.2 Å². The van der Waals surface area contributed by atoms with Gasteiger partial charge in [-0.2, -0.15) is 0 Å². The van der Waals surface area contributed by atoms with E-state index < -0.39 is 97.5 Å². The summed E-state index contributed by atoms with van der Waals surface area (Å²) < 4.78 is 68.5. The van der Waals surface area contributed by atoms with Crippen molar-refractivity contribution in [3.05, 3.63) is 0 Å². The number of carbonyl (C=O) groups excluding carboxylic acids is 4. The van der Waals surface area contributed by atoms with Gasteiger partial charge in [0, 0.05) is 25.7 Å². The number of aliphatic hydroxyl groups excluding tert-OH is 1. The molecular formula is C78H152O17P2. The molecule has 19 heteroatoms. The van der Waals surface area contributed by atoms with Gasteiger partial charge < -0.3 is 33.8 Å².